The maximum Gasteiger partial charge on any atom is 0.238 e. The molecule has 3 fully saturated rings. The Hall–Kier alpha value is -1.08. The normalized spacial score (nSPS) is 37.1. The van der Waals surface area contributed by atoms with Gasteiger partial charge in [-0.3, -0.25) is 9.59 Å². The zero-order valence-corrected chi connectivity index (χ0v) is 16.4. The number of hydrogen-bond donors (Lipinski definition) is 0. The third-order valence-corrected chi connectivity index (χ3v) is 8.82. The van der Waals surface area contributed by atoms with E-state index in [0.29, 0.717) is 17.2 Å². The van der Waals surface area contributed by atoms with Crippen molar-refractivity contribution in [3.8, 4) is 11.5 Å². The molecule has 1 saturated heterocycles. The zero-order valence-electron chi connectivity index (χ0n) is 13.2. The molecule has 0 N–H and O–H groups in total. The van der Waals surface area contributed by atoms with Crippen molar-refractivity contribution in [2.75, 3.05) is 19.1 Å². The summed E-state index contributed by atoms with van der Waals surface area (Å²) >= 11 is 7.40. The summed E-state index contributed by atoms with van der Waals surface area (Å²) in [5.41, 5.74) is 0.470. The van der Waals surface area contributed by atoms with E-state index in [1.807, 2.05) is 0 Å². The smallest absolute Gasteiger partial charge is 0.238 e. The maximum absolute atomic E-state index is 13.1. The third kappa shape index (κ3) is 2.03. The van der Waals surface area contributed by atoms with Crippen molar-refractivity contribution in [3.05, 3.63) is 18.2 Å². The van der Waals surface area contributed by atoms with Crippen molar-refractivity contribution in [1.29, 1.82) is 0 Å². The van der Waals surface area contributed by atoms with E-state index in [1.54, 1.807) is 25.3 Å². The molecule has 1 aromatic rings. The van der Waals surface area contributed by atoms with Gasteiger partial charge in [-0.25, -0.2) is 4.90 Å². The fraction of sp³-hybridized carbons (Fsp3) is 0.529. The summed E-state index contributed by atoms with van der Waals surface area (Å²) in [5.74, 6) is 0.762. The second kappa shape index (κ2) is 5.73. The first-order valence-corrected chi connectivity index (χ1v) is 9.70. The van der Waals surface area contributed by atoms with E-state index in [0.717, 1.165) is 6.42 Å². The molecule has 3 aliphatic rings. The predicted molar refractivity (Wildman–Crippen MR) is 96.0 cm³/mol. The number of methoxy groups -OCH3 is 2. The summed E-state index contributed by atoms with van der Waals surface area (Å²) in [7, 11) is 3.09. The number of alkyl halides is 2. The number of carbonyl (C=O) groups is 2. The van der Waals surface area contributed by atoms with Crippen LogP contribution in [0.1, 0.15) is 6.42 Å². The number of anilines is 1. The lowest BCUT2D eigenvalue weighted by Gasteiger charge is -2.28. The number of nitrogens with zero attached hydrogens (tertiary/aromatic N) is 1. The van der Waals surface area contributed by atoms with Crippen LogP contribution in [-0.4, -0.2) is 35.7 Å². The molecule has 24 heavy (non-hydrogen) atoms. The molecule has 0 spiro atoms. The van der Waals surface area contributed by atoms with Gasteiger partial charge in [0.15, 0.2) is 0 Å². The number of fused-ring (bicyclic) bond motifs is 5. The Balaban J connectivity index is 1.77. The monoisotopic (exact) mass is 457 g/mol. The molecular formula is C17H17Br2NO4. The Morgan fingerprint density at radius 1 is 1.00 bits per heavy atom. The molecule has 1 aliphatic heterocycles. The van der Waals surface area contributed by atoms with Gasteiger partial charge in [0.1, 0.15) is 11.5 Å². The lowest BCUT2D eigenvalue weighted by molar-refractivity contribution is -0.123. The molecule has 1 heterocycles. The summed E-state index contributed by atoms with van der Waals surface area (Å²) in [6.07, 6.45) is 0.918. The number of rotatable bonds is 3. The Kier molecular flexibility index (Phi) is 3.91. The molecule has 7 heteroatoms. The average molecular weight is 459 g/mol. The van der Waals surface area contributed by atoms with Crippen LogP contribution < -0.4 is 14.4 Å². The summed E-state index contributed by atoms with van der Waals surface area (Å²) in [5, 5.41) is 0. The molecule has 0 unspecified atom stereocenters. The standard InChI is InChI=1S/C17H17Br2NO4/c1-23-7-3-4-11(24-2)10(5-7)20-16(21)12-8-6-9(13(12)17(20)22)15(19)14(8)18/h3-5,8-9,12-15H,6H2,1-2H3/t8-,9+,12+,13-,14-,15-/m1/s1. The van der Waals surface area contributed by atoms with Crippen LogP contribution in [0.3, 0.4) is 0 Å². The fourth-order valence-corrected chi connectivity index (χ4v) is 6.43. The van der Waals surface area contributed by atoms with Gasteiger partial charge in [0, 0.05) is 15.7 Å². The number of hydrogen-bond acceptors (Lipinski definition) is 4. The van der Waals surface area contributed by atoms with Gasteiger partial charge in [-0.15, -0.1) is 0 Å². The van der Waals surface area contributed by atoms with Crippen LogP contribution in [0.15, 0.2) is 18.2 Å². The molecular weight excluding hydrogens is 442 g/mol. The number of ether oxygens (including phenoxy) is 2. The minimum Gasteiger partial charge on any atom is -0.497 e. The lowest BCUT2D eigenvalue weighted by atomic mass is 9.81. The van der Waals surface area contributed by atoms with Crippen LogP contribution in [0.4, 0.5) is 5.69 Å². The van der Waals surface area contributed by atoms with Crippen molar-refractivity contribution in [2.24, 2.45) is 23.7 Å². The number of imide groups is 1. The highest BCUT2D eigenvalue weighted by molar-refractivity contribution is 9.12. The van der Waals surface area contributed by atoms with Gasteiger partial charge >= 0.3 is 0 Å². The van der Waals surface area contributed by atoms with Crippen LogP contribution >= 0.6 is 31.9 Å². The topological polar surface area (TPSA) is 55.8 Å². The molecule has 128 valence electrons. The van der Waals surface area contributed by atoms with Crippen LogP contribution in [0.2, 0.25) is 0 Å². The Labute approximate surface area is 156 Å². The van der Waals surface area contributed by atoms with E-state index >= 15 is 0 Å². The summed E-state index contributed by atoms with van der Waals surface area (Å²) in [4.78, 5) is 27.9. The van der Waals surface area contributed by atoms with Crippen molar-refractivity contribution in [3.63, 3.8) is 0 Å². The molecule has 6 atom stereocenters. The molecule has 2 amide bonds. The molecule has 4 rings (SSSR count). The van der Waals surface area contributed by atoms with Gasteiger partial charge in [0.25, 0.3) is 0 Å². The van der Waals surface area contributed by atoms with E-state index in [1.165, 1.54) is 12.0 Å². The molecule has 0 aromatic heterocycles. The van der Waals surface area contributed by atoms with Crippen LogP contribution in [-0.2, 0) is 9.59 Å². The predicted octanol–water partition coefficient (Wildman–Crippen LogP) is 2.99. The molecule has 2 saturated carbocycles. The van der Waals surface area contributed by atoms with Crippen LogP contribution in [0.5, 0.6) is 11.5 Å². The number of amides is 2. The molecule has 1 aromatic carbocycles. The SMILES string of the molecule is COc1ccc(OC)c(N2C(=O)[C@@H]3[C@@H]4C[C@@H]([C@@H](Br)[C@@H]4Br)[C@@H]3C2=O)c1. The van der Waals surface area contributed by atoms with Crippen LogP contribution in [0.25, 0.3) is 0 Å². The zero-order chi connectivity index (χ0) is 17.2. The second-order valence-electron chi connectivity index (χ2n) is 6.55. The van der Waals surface area contributed by atoms with Crippen LogP contribution in [0, 0.1) is 23.7 Å². The van der Waals surface area contributed by atoms with E-state index in [-0.39, 0.29) is 45.1 Å². The second-order valence-corrected chi connectivity index (χ2v) is 8.67. The first-order chi connectivity index (χ1) is 11.5. The first-order valence-electron chi connectivity index (χ1n) is 7.87. The van der Waals surface area contributed by atoms with Gasteiger partial charge < -0.3 is 9.47 Å². The minimum atomic E-state index is -0.239. The van der Waals surface area contributed by atoms with Crippen molar-refractivity contribution in [2.45, 2.75) is 16.1 Å². The van der Waals surface area contributed by atoms with Crippen molar-refractivity contribution >= 4 is 49.4 Å². The first kappa shape index (κ1) is 16.4. The van der Waals surface area contributed by atoms with E-state index < -0.39 is 0 Å². The highest BCUT2D eigenvalue weighted by Gasteiger charge is 2.66. The Bertz CT molecular complexity index is 693. The lowest BCUT2D eigenvalue weighted by Crippen LogP contribution is -2.37. The van der Waals surface area contributed by atoms with Gasteiger partial charge in [0.2, 0.25) is 11.8 Å². The van der Waals surface area contributed by atoms with Crippen molar-refractivity contribution in [1.82, 2.24) is 0 Å². The largest absolute Gasteiger partial charge is 0.497 e. The Morgan fingerprint density at radius 3 is 2.08 bits per heavy atom. The molecule has 0 radical (unpaired) electrons. The van der Waals surface area contributed by atoms with Gasteiger partial charge in [-0.1, -0.05) is 31.9 Å². The Morgan fingerprint density at radius 2 is 1.58 bits per heavy atom. The van der Waals surface area contributed by atoms with E-state index in [4.69, 9.17) is 9.47 Å². The van der Waals surface area contributed by atoms with Gasteiger partial charge in [0.05, 0.1) is 31.7 Å². The highest BCUT2D eigenvalue weighted by atomic mass is 79.9. The average Bonchev–Trinajstić information content (AvgIpc) is 3.19. The fourth-order valence-electron chi connectivity index (χ4n) is 4.56. The summed E-state index contributed by atoms with van der Waals surface area (Å²) in [6.45, 7) is 0. The quantitative estimate of drug-likeness (QED) is 0.516. The number of benzene rings is 1. The van der Waals surface area contributed by atoms with Crippen molar-refractivity contribution < 1.29 is 19.1 Å². The third-order valence-electron chi connectivity index (χ3n) is 5.61. The summed E-state index contributed by atoms with van der Waals surface area (Å²) < 4.78 is 10.6. The van der Waals surface area contributed by atoms with Gasteiger partial charge in [-0.2, -0.15) is 0 Å². The molecule has 5 nitrogen and oxygen atoms in total. The molecule has 2 aliphatic carbocycles. The number of carbonyl (C=O) groups excluding carboxylic acids is 2. The number of halogens is 2. The minimum absolute atomic E-state index is 0.118. The molecule has 2 bridgehead atoms. The maximum atomic E-state index is 13.1. The van der Waals surface area contributed by atoms with E-state index in [2.05, 4.69) is 31.9 Å². The van der Waals surface area contributed by atoms with E-state index in [9.17, 15) is 9.59 Å². The summed E-state index contributed by atoms with van der Waals surface area (Å²) in [6, 6.07) is 5.16. The van der Waals surface area contributed by atoms with Gasteiger partial charge in [-0.05, 0) is 30.4 Å². The highest BCUT2D eigenvalue weighted by Crippen LogP contribution is 2.61.